The number of aryl methyl sites for hydroxylation is 2. The Kier molecular flexibility index (Phi) is 7.39. The number of esters is 1. The Morgan fingerprint density at radius 1 is 0.971 bits per heavy atom. The van der Waals surface area contributed by atoms with Crippen molar-refractivity contribution in [2.24, 2.45) is 0 Å². The van der Waals surface area contributed by atoms with Crippen LogP contribution in [-0.4, -0.2) is 28.6 Å². The Bertz CT molecular complexity index is 1270. The number of rotatable bonds is 8. The molecule has 0 aliphatic rings. The van der Waals surface area contributed by atoms with Crippen molar-refractivity contribution in [3.05, 3.63) is 95.5 Å². The van der Waals surface area contributed by atoms with E-state index < -0.39 is 18.5 Å². The predicted molar refractivity (Wildman–Crippen MR) is 131 cm³/mol. The zero-order chi connectivity index (χ0) is 23.9. The predicted octanol–water partition coefficient (Wildman–Crippen LogP) is 5.44. The van der Waals surface area contributed by atoms with E-state index >= 15 is 0 Å². The van der Waals surface area contributed by atoms with Crippen molar-refractivity contribution in [3.63, 3.8) is 0 Å². The normalized spacial score (nSPS) is 10.6. The first-order valence-electron chi connectivity index (χ1n) is 10.6. The highest BCUT2D eigenvalue weighted by Crippen LogP contribution is 2.27. The molecule has 1 N–H and O–H groups in total. The van der Waals surface area contributed by atoms with Gasteiger partial charge in [0.1, 0.15) is 10.8 Å². The first-order valence-corrected chi connectivity index (χ1v) is 11.6. The van der Waals surface area contributed by atoms with Crippen LogP contribution in [0.25, 0.3) is 11.1 Å². The van der Waals surface area contributed by atoms with Gasteiger partial charge in [-0.05, 0) is 49.2 Å². The highest BCUT2D eigenvalue weighted by molar-refractivity contribution is 7.98. The molecule has 1 amide bonds. The van der Waals surface area contributed by atoms with Crippen molar-refractivity contribution in [1.82, 2.24) is 10.1 Å². The van der Waals surface area contributed by atoms with Crippen LogP contribution in [0.15, 0.2) is 82.5 Å². The molecule has 0 saturated carbocycles. The number of pyridine rings is 1. The number of thioether (sulfide) groups is 1. The summed E-state index contributed by atoms with van der Waals surface area (Å²) in [5.74, 6) is 0.259. The van der Waals surface area contributed by atoms with E-state index in [9.17, 15) is 9.59 Å². The van der Waals surface area contributed by atoms with Gasteiger partial charge in [0.15, 0.2) is 6.61 Å². The fraction of sp³-hybridized carbons (Fsp3) is 0.154. The number of hydrogen-bond acceptors (Lipinski definition) is 7. The average Bonchev–Trinajstić information content (AvgIpc) is 3.19. The zero-order valence-electron chi connectivity index (χ0n) is 18.8. The summed E-state index contributed by atoms with van der Waals surface area (Å²) in [5.41, 5.74) is 4.83. The molecule has 0 fully saturated rings. The molecule has 0 saturated heterocycles. The minimum absolute atomic E-state index is 0.305. The molecule has 172 valence electrons. The van der Waals surface area contributed by atoms with Crippen LogP contribution in [0.1, 0.15) is 27.4 Å². The lowest BCUT2D eigenvalue weighted by atomic mass is 10.1. The molecule has 0 atom stereocenters. The molecule has 0 unspecified atom stereocenters. The van der Waals surface area contributed by atoms with Crippen LogP contribution in [0.5, 0.6) is 0 Å². The molecule has 0 spiro atoms. The van der Waals surface area contributed by atoms with Crippen molar-refractivity contribution in [2.45, 2.75) is 24.6 Å². The quantitative estimate of drug-likeness (QED) is 0.269. The number of anilines is 1. The lowest BCUT2D eigenvalue weighted by molar-refractivity contribution is -0.119. The van der Waals surface area contributed by atoms with Gasteiger partial charge in [0.25, 0.3) is 5.91 Å². The number of aromatic nitrogens is 2. The minimum atomic E-state index is -0.607. The summed E-state index contributed by atoms with van der Waals surface area (Å²) in [6.07, 6.45) is 1.61. The van der Waals surface area contributed by atoms with Gasteiger partial charge in [0.05, 0.1) is 11.3 Å². The molecular formula is C26H23N3O4S. The molecule has 8 heteroatoms. The Balaban J connectivity index is 1.32. The van der Waals surface area contributed by atoms with Gasteiger partial charge >= 0.3 is 5.97 Å². The second-order valence-corrected chi connectivity index (χ2v) is 8.48. The Morgan fingerprint density at radius 3 is 2.41 bits per heavy atom. The molecule has 0 bridgehead atoms. The summed E-state index contributed by atoms with van der Waals surface area (Å²) in [7, 11) is 0. The number of carbonyl (C=O) groups is 2. The Morgan fingerprint density at radius 2 is 1.71 bits per heavy atom. The largest absolute Gasteiger partial charge is 0.452 e. The van der Waals surface area contributed by atoms with Crippen molar-refractivity contribution >= 4 is 29.3 Å². The average molecular weight is 474 g/mol. The molecule has 0 aliphatic heterocycles. The fourth-order valence-electron chi connectivity index (χ4n) is 3.29. The Hall–Kier alpha value is -3.91. The van der Waals surface area contributed by atoms with E-state index in [1.54, 1.807) is 18.3 Å². The van der Waals surface area contributed by atoms with Gasteiger partial charge < -0.3 is 14.6 Å². The zero-order valence-corrected chi connectivity index (χ0v) is 19.6. The number of benzene rings is 2. The van der Waals surface area contributed by atoms with E-state index in [2.05, 4.69) is 15.5 Å². The highest BCUT2D eigenvalue weighted by atomic mass is 32.2. The van der Waals surface area contributed by atoms with Gasteiger partial charge in [-0.1, -0.05) is 47.6 Å². The summed E-state index contributed by atoms with van der Waals surface area (Å²) < 4.78 is 10.4. The third kappa shape index (κ3) is 5.71. The van der Waals surface area contributed by atoms with Gasteiger partial charge in [0.2, 0.25) is 0 Å². The maximum absolute atomic E-state index is 12.6. The lowest BCUT2D eigenvalue weighted by Crippen LogP contribution is -2.21. The van der Waals surface area contributed by atoms with Gasteiger partial charge in [-0.15, -0.1) is 11.8 Å². The maximum atomic E-state index is 12.6. The second-order valence-electron chi connectivity index (χ2n) is 7.52. The van der Waals surface area contributed by atoms with Gasteiger partial charge in [0, 0.05) is 23.2 Å². The SMILES string of the molecule is Cc1noc(C)c1CSc1ncccc1C(=O)OCC(=O)Nc1ccc(-c2ccccc2)cc1. The Labute approximate surface area is 201 Å². The monoisotopic (exact) mass is 473 g/mol. The van der Waals surface area contributed by atoms with Crippen LogP contribution >= 0.6 is 11.8 Å². The molecule has 2 aromatic carbocycles. The van der Waals surface area contributed by atoms with Crippen LogP contribution in [0, 0.1) is 13.8 Å². The molecular weight excluding hydrogens is 450 g/mol. The van der Waals surface area contributed by atoms with Crippen molar-refractivity contribution in [2.75, 3.05) is 11.9 Å². The van der Waals surface area contributed by atoms with Crippen LogP contribution in [0.2, 0.25) is 0 Å². The molecule has 4 rings (SSSR count). The first-order chi connectivity index (χ1) is 16.5. The highest BCUT2D eigenvalue weighted by Gasteiger charge is 2.17. The number of ether oxygens (including phenoxy) is 1. The topological polar surface area (TPSA) is 94.3 Å². The summed E-state index contributed by atoms with van der Waals surface area (Å²) in [6, 6.07) is 20.7. The van der Waals surface area contributed by atoms with E-state index in [1.807, 2.05) is 68.4 Å². The molecule has 7 nitrogen and oxygen atoms in total. The van der Waals surface area contributed by atoms with E-state index in [4.69, 9.17) is 9.26 Å². The van der Waals surface area contributed by atoms with E-state index in [0.717, 1.165) is 28.1 Å². The third-order valence-electron chi connectivity index (χ3n) is 5.14. The molecule has 0 aliphatic carbocycles. The first kappa shape index (κ1) is 23.3. The number of amides is 1. The maximum Gasteiger partial charge on any atom is 0.341 e. The van der Waals surface area contributed by atoms with E-state index in [1.165, 1.54) is 11.8 Å². The number of nitrogens with zero attached hydrogens (tertiary/aromatic N) is 2. The third-order valence-corrected chi connectivity index (χ3v) is 6.17. The second kappa shape index (κ2) is 10.8. The van der Waals surface area contributed by atoms with Crippen molar-refractivity contribution in [3.8, 4) is 11.1 Å². The van der Waals surface area contributed by atoms with Crippen LogP contribution in [0.4, 0.5) is 5.69 Å². The van der Waals surface area contributed by atoms with Crippen LogP contribution in [-0.2, 0) is 15.3 Å². The van der Waals surface area contributed by atoms with E-state index in [-0.39, 0.29) is 0 Å². The molecule has 34 heavy (non-hydrogen) atoms. The van der Waals surface area contributed by atoms with Gasteiger partial charge in [-0.2, -0.15) is 0 Å². The van der Waals surface area contributed by atoms with Crippen LogP contribution in [0.3, 0.4) is 0 Å². The summed E-state index contributed by atoms with van der Waals surface area (Å²) in [5, 5.41) is 7.21. The molecule has 2 aromatic heterocycles. The fourth-order valence-corrected chi connectivity index (χ4v) is 4.43. The standard InChI is InChI=1S/C26H23N3O4S/c1-17-23(18(2)33-29-17)16-34-25-22(9-6-14-27-25)26(31)32-15-24(30)28-21-12-10-20(11-13-21)19-7-4-3-5-8-19/h3-14H,15-16H2,1-2H3,(H,28,30). The van der Waals surface area contributed by atoms with Crippen LogP contribution < -0.4 is 5.32 Å². The summed E-state index contributed by atoms with van der Waals surface area (Å²) >= 11 is 1.39. The van der Waals surface area contributed by atoms with Gasteiger partial charge in [-0.3, -0.25) is 4.79 Å². The number of hydrogen-bond donors (Lipinski definition) is 1. The van der Waals surface area contributed by atoms with Gasteiger partial charge in [-0.25, -0.2) is 9.78 Å². The summed E-state index contributed by atoms with van der Waals surface area (Å²) in [4.78, 5) is 29.2. The molecule has 2 heterocycles. The van der Waals surface area contributed by atoms with Crippen molar-refractivity contribution < 1.29 is 18.8 Å². The minimum Gasteiger partial charge on any atom is -0.452 e. The smallest absolute Gasteiger partial charge is 0.341 e. The number of carbonyl (C=O) groups excluding carboxylic acids is 2. The van der Waals surface area contributed by atoms with E-state index in [0.29, 0.717) is 22.0 Å². The number of nitrogens with one attached hydrogen (secondary N) is 1. The lowest BCUT2D eigenvalue weighted by Gasteiger charge is -2.10. The van der Waals surface area contributed by atoms with Crippen molar-refractivity contribution in [1.29, 1.82) is 0 Å². The molecule has 4 aromatic rings. The summed E-state index contributed by atoms with van der Waals surface area (Å²) in [6.45, 7) is 3.31. The molecule has 0 radical (unpaired) electrons.